The van der Waals surface area contributed by atoms with E-state index < -0.39 is 64.6 Å². The summed E-state index contributed by atoms with van der Waals surface area (Å²) in [6.45, 7) is 19.9. The van der Waals surface area contributed by atoms with E-state index in [4.69, 9.17) is 28.4 Å². The Morgan fingerprint density at radius 2 is 1.58 bits per heavy atom. The first kappa shape index (κ1) is 46.9. The van der Waals surface area contributed by atoms with E-state index in [-0.39, 0.29) is 41.0 Å². The second kappa shape index (κ2) is 17.5. The number of fused-ring (bicyclic) bond motifs is 2. The fourth-order valence-corrected chi connectivity index (χ4v) is 11.8. The Morgan fingerprint density at radius 1 is 0.892 bits per heavy atom. The van der Waals surface area contributed by atoms with Crippen molar-refractivity contribution in [2.75, 3.05) is 66.6 Å². The van der Waals surface area contributed by atoms with Crippen molar-refractivity contribution in [2.24, 2.45) is 17.8 Å². The molecule has 0 radical (unpaired) electrons. The van der Waals surface area contributed by atoms with Crippen LogP contribution in [0.5, 0.6) is 17.2 Å². The highest BCUT2D eigenvalue weighted by Crippen LogP contribution is 2.71. The first-order chi connectivity index (χ1) is 30.8. The molecule has 65 heavy (non-hydrogen) atoms. The Bertz CT molecular complexity index is 2270. The molecule has 1 amide bonds. The Balaban J connectivity index is 1.36. The van der Waals surface area contributed by atoms with Crippen molar-refractivity contribution in [1.82, 2.24) is 14.7 Å². The second-order valence-electron chi connectivity index (χ2n) is 20.4. The van der Waals surface area contributed by atoms with Crippen LogP contribution in [0.15, 0.2) is 41.0 Å². The number of nitrogens with zero attached hydrogens (tertiary/aromatic N) is 3. The molecule has 1 aromatic carbocycles. The molecule has 7 atom stereocenters. The van der Waals surface area contributed by atoms with E-state index in [9.17, 15) is 14.4 Å². The van der Waals surface area contributed by atoms with Crippen molar-refractivity contribution in [3.8, 4) is 17.2 Å². The lowest BCUT2D eigenvalue weighted by molar-refractivity contribution is -0.216. The number of morpholine rings is 1. The lowest BCUT2D eigenvalue weighted by Gasteiger charge is -2.64. The van der Waals surface area contributed by atoms with Crippen LogP contribution in [-0.2, 0) is 39.8 Å². The molecule has 4 bridgehead atoms. The van der Waals surface area contributed by atoms with Gasteiger partial charge in [-0.15, -0.1) is 0 Å². The van der Waals surface area contributed by atoms with Gasteiger partial charge in [0.05, 0.1) is 37.4 Å². The predicted octanol–water partition coefficient (Wildman–Crippen LogP) is 6.08. The topological polar surface area (TPSA) is 150 Å². The monoisotopic (exact) mass is 897 g/mol. The van der Waals surface area contributed by atoms with E-state index in [0.29, 0.717) is 94.2 Å². The highest BCUT2D eigenvalue weighted by Gasteiger charge is 2.86. The van der Waals surface area contributed by atoms with Crippen LogP contribution in [0.2, 0.25) is 0 Å². The maximum Gasteiger partial charge on any atom is 0.333 e. The number of methoxy groups -OCH3 is 1. The predicted molar refractivity (Wildman–Crippen MR) is 243 cm³/mol. The van der Waals surface area contributed by atoms with Crippen LogP contribution in [-0.4, -0.2) is 139 Å². The van der Waals surface area contributed by atoms with Crippen molar-refractivity contribution < 1.29 is 52.4 Å². The lowest BCUT2D eigenvalue weighted by atomic mass is 9.44. The van der Waals surface area contributed by atoms with Gasteiger partial charge in [-0.25, -0.2) is 4.79 Å². The minimum atomic E-state index is -1.69. The molecule has 0 aromatic heterocycles. The molecule has 3 saturated carbocycles. The summed E-state index contributed by atoms with van der Waals surface area (Å²) < 4.78 is 39.2. The molecule has 0 N–H and O–H groups in total. The van der Waals surface area contributed by atoms with Crippen molar-refractivity contribution in [1.29, 1.82) is 0 Å². The van der Waals surface area contributed by atoms with Crippen molar-refractivity contribution >= 4 is 35.5 Å². The average Bonchev–Trinajstić information content (AvgIpc) is 3.40. The summed E-state index contributed by atoms with van der Waals surface area (Å²) >= 11 is 0. The van der Waals surface area contributed by atoms with Gasteiger partial charge in [0.1, 0.15) is 29.1 Å². The fraction of sp³-hybridized carbons (Fsp3) is 0.627. The molecule has 5 heterocycles. The summed E-state index contributed by atoms with van der Waals surface area (Å²) in [5.74, 6) is -3.66. The van der Waals surface area contributed by atoms with Gasteiger partial charge in [-0.1, -0.05) is 29.4 Å². The number of Topliss-reactive ketones (excluding diaryl/α,β-unsaturated/α-hetero) is 2. The molecule has 9 rings (SSSR count). The summed E-state index contributed by atoms with van der Waals surface area (Å²) in [6, 6.07) is -0.593. The van der Waals surface area contributed by atoms with E-state index in [0.717, 1.165) is 12.0 Å². The number of likely N-dealkylation sites (N-methyl/N-ethyl adjacent to an activating group) is 1. The van der Waals surface area contributed by atoms with Gasteiger partial charge in [0.25, 0.3) is 0 Å². The van der Waals surface area contributed by atoms with Gasteiger partial charge >= 0.3 is 11.9 Å². The zero-order chi connectivity index (χ0) is 46.8. The molecule has 3 aliphatic carbocycles. The molecule has 14 nitrogen and oxygen atoms in total. The van der Waals surface area contributed by atoms with E-state index in [1.165, 1.54) is 12.7 Å². The molecule has 352 valence electrons. The summed E-state index contributed by atoms with van der Waals surface area (Å²) in [5, 5.41) is 0. The minimum absolute atomic E-state index is 0.0221. The minimum Gasteiger partial charge on any atom is -0.482 e. The molecule has 8 aliphatic rings. The van der Waals surface area contributed by atoms with Crippen molar-refractivity contribution in [3.05, 3.63) is 57.7 Å². The summed E-state index contributed by atoms with van der Waals surface area (Å²) in [4.78, 5) is 78.7. The number of hydrogen-bond acceptors (Lipinski definition) is 13. The maximum absolute atomic E-state index is 16.4. The van der Waals surface area contributed by atoms with Crippen LogP contribution in [0.3, 0.4) is 0 Å². The largest absolute Gasteiger partial charge is 0.482 e. The van der Waals surface area contributed by atoms with E-state index in [2.05, 4.69) is 29.7 Å². The van der Waals surface area contributed by atoms with Gasteiger partial charge in [-0.05, 0) is 100 Å². The molecular weight excluding hydrogens is 831 g/mol. The lowest BCUT2D eigenvalue weighted by Crippen LogP contribution is -2.82. The Kier molecular flexibility index (Phi) is 12.7. The third-order valence-electron chi connectivity index (χ3n) is 15.0. The molecule has 3 saturated heterocycles. The number of benzene rings is 1. The van der Waals surface area contributed by atoms with Crippen molar-refractivity contribution in [2.45, 2.75) is 122 Å². The van der Waals surface area contributed by atoms with E-state index >= 15 is 9.59 Å². The van der Waals surface area contributed by atoms with Gasteiger partial charge in [-0.3, -0.25) is 24.1 Å². The number of esters is 2. The third-order valence-corrected chi connectivity index (χ3v) is 15.0. The van der Waals surface area contributed by atoms with Crippen LogP contribution >= 0.6 is 0 Å². The smallest absolute Gasteiger partial charge is 0.333 e. The molecule has 7 unspecified atom stereocenters. The Morgan fingerprint density at radius 3 is 2.25 bits per heavy atom. The Hall–Kier alpha value is -4.63. The normalized spacial score (nSPS) is 31.2. The SMILES string of the molecule is COC(=O)/C(C)=C\CC12OC(C)(C)C3CC(C1=O)C(N1CCOCC1)C1C(=O)c4c(OC(=O)CC(=O)N5CCN(C)CC5)c5c(c(CC=C(C)C)c4OC132)OC(C)(CCC=C(C)C)C=C5. The number of amides is 1. The van der Waals surface area contributed by atoms with E-state index in [1.54, 1.807) is 17.9 Å². The highest BCUT2D eigenvalue weighted by atomic mass is 16.6. The zero-order valence-corrected chi connectivity index (χ0v) is 39.9. The first-order valence-corrected chi connectivity index (χ1v) is 23.4. The van der Waals surface area contributed by atoms with Crippen LogP contribution in [0.4, 0.5) is 0 Å². The molecule has 1 spiro atoms. The number of carbonyl (C=O) groups is 5. The van der Waals surface area contributed by atoms with E-state index in [1.807, 2.05) is 59.9 Å². The molecule has 6 fully saturated rings. The fourth-order valence-electron chi connectivity index (χ4n) is 11.8. The molecular formula is C51H67N3O11. The third kappa shape index (κ3) is 7.99. The average molecular weight is 898 g/mol. The molecule has 5 aliphatic heterocycles. The number of ketones is 2. The van der Waals surface area contributed by atoms with Crippen LogP contribution in [0.1, 0.15) is 109 Å². The van der Waals surface area contributed by atoms with Crippen LogP contribution in [0.25, 0.3) is 6.08 Å². The van der Waals surface area contributed by atoms with Crippen LogP contribution < -0.4 is 14.2 Å². The maximum atomic E-state index is 16.4. The van der Waals surface area contributed by atoms with Gasteiger partial charge in [-0.2, -0.15) is 0 Å². The highest BCUT2D eigenvalue weighted by molar-refractivity contribution is 6.11. The first-order valence-electron chi connectivity index (χ1n) is 23.4. The van der Waals surface area contributed by atoms with Crippen LogP contribution in [0, 0.1) is 17.8 Å². The number of ether oxygens (including phenoxy) is 6. The number of allylic oxidation sites excluding steroid dienone is 4. The summed E-state index contributed by atoms with van der Waals surface area (Å²) in [7, 11) is 3.30. The summed E-state index contributed by atoms with van der Waals surface area (Å²) in [6.07, 6.45) is 11.2. The van der Waals surface area contributed by atoms with Crippen molar-refractivity contribution in [3.63, 3.8) is 0 Å². The quantitative estimate of drug-likeness (QED) is 0.0785. The molecule has 1 aromatic rings. The number of rotatable bonds is 12. The van der Waals surface area contributed by atoms with Gasteiger partial charge in [0, 0.05) is 74.7 Å². The van der Waals surface area contributed by atoms with Gasteiger partial charge in [0.2, 0.25) is 5.91 Å². The number of carbonyl (C=O) groups excluding carboxylic acids is 5. The second-order valence-corrected chi connectivity index (χ2v) is 20.4. The molecule has 14 heteroatoms. The van der Waals surface area contributed by atoms with Gasteiger partial charge < -0.3 is 38.2 Å². The summed E-state index contributed by atoms with van der Waals surface area (Å²) in [5.41, 5.74) is -1.40. The standard InChI is InChI=1S/C51H67N3O11/c1-30(2)12-11-17-49(8)18-16-34-43(63-49)33(14-13-31(3)4)45-39(44(34)62-38(56)29-37(55)53-22-20-52(9)21-23-53)42(57)40-41(54-24-26-61-27-25-54)35-28-36-48(6,7)65-50(46(35)58,51(36,40)64-45)19-15-32(5)47(59)60-10/h12-13,15-16,18,35-36,40-41H,11,14,17,19-29H2,1-10H3/b32-15-. The zero-order valence-electron chi connectivity index (χ0n) is 39.9. The number of piperazine rings is 1. The van der Waals surface area contributed by atoms with Gasteiger partial charge in [0.15, 0.2) is 28.5 Å². The number of hydrogen-bond donors (Lipinski definition) is 0. The Labute approximate surface area is 383 Å².